The zero-order chi connectivity index (χ0) is 4.83. The first-order valence-electron chi connectivity index (χ1n) is 2.35. The minimum atomic E-state index is 0. The van der Waals surface area contributed by atoms with Crippen molar-refractivity contribution in [3.05, 3.63) is 0 Å². The van der Waals surface area contributed by atoms with Crippen LogP contribution in [-0.4, -0.2) is 33.6 Å². The summed E-state index contributed by atoms with van der Waals surface area (Å²) < 4.78 is 0. The normalized spacial score (nSPS) is 7.00. The summed E-state index contributed by atoms with van der Waals surface area (Å²) in [5, 5.41) is 0. The van der Waals surface area contributed by atoms with Crippen LogP contribution in [0.15, 0.2) is 0 Å². The standard InChI is InChI=1S/C5H10O.Tl/c1-2-3-4-5-6;/h5H,2-4H2,1H3;. The molecule has 0 N–H and O–H groups in total. The Kier molecular flexibility index (Phi) is 14.7. The average molecular weight is 291 g/mol. The number of carbonyl (C=O) groups is 1. The van der Waals surface area contributed by atoms with Gasteiger partial charge in [0.05, 0.1) is 0 Å². The fraction of sp³-hybridized carbons (Fsp3) is 0.800. The van der Waals surface area contributed by atoms with E-state index in [1.807, 2.05) is 0 Å². The van der Waals surface area contributed by atoms with Crippen LogP contribution in [0.2, 0.25) is 0 Å². The molecule has 0 bridgehead atoms. The number of hydrogen-bond acceptors (Lipinski definition) is 1. The van der Waals surface area contributed by atoms with Crippen molar-refractivity contribution in [3.63, 3.8) is 0 Å². The molecule has 0 saturated heterocycles. The van der Waals surface area contributed by atoms with Crippen molar-refractivity contribution < 1.29 is 4.79 Å². The number of unbranched alkanes of at least 4 members (excludes halogenated alkanes) is 2. The Labute approximate surface area is 64.6 Å². The van der Waals surface area contributed by atoms with Crippen LogP contribution in [0.1, 0.15) is 26.2 Å². The Hall–Kier alpha value is 0.592. The number of aldehydes is 1. The summed E-state index contributed by atoms with van der Waals surface area (Å²) in [5.74, 6) is 0. The first-order chi connectivity index (χ1) is 2.91. The van der Waals surface area contributed by atoms with Gasteiger partial charge in [-0.3, -0.25) is 0 Å². The van der Waals surface area contributed by atoms with Gasteiger partial charge in [-0.25, -0.2) is 0 Å². The van der Waals surface area contributed by atoms with E-state index in [2.05, 4.69) is 6.92 Å². The van der Waals surface area contributed by atoms with Gasteiger partial charge in [0.2, 0.25) is 0 Å². The van der Waals surface area contributed by atoms with Crippen molar-refractivity contribution >= 4 is 33.6 Å². The Balaban J connectivity index is 0. The molecule has 0 aliphatic rings. The summed E-state index contributed by atoms with van der Waals surface area (Å²) in [4.78, 5) is 9.56. The van der Waals surface area contributed by atoms with Crippen molar-refractivity contribution in [2.75, 3.05) is 0 Å². The first kappa shape index (κ1) is 10.6. The third-order valence-electron chi connectivity index (χ3n) is 0.676. The van der Waals surface area contributed by atoms with E-state index in [9.17, 15) is 4.79 Å². The Morgan fingerprint density at radius 2 is 2.14 bits per heavy atom. The second kappa shape index (κ2) is 9.78. The fourth-order valence-electron chi connectivity index (χ4n) is 0.287. The van der Waals surface area contributed by atoms with Gasteiger partial charge in [0.15, 0.2) is 0 Å². The average Bonchev–Trinajstić information content (AvgIpc) is 1.61. The molecular formula is C5H10OTl. The molecule has 0 aromatic heterocycles. The number of hydrogen-bond donors (Lipinski definition) is 0. The first-order valence-corrected chi connectivity index (χ1v) is 2.35. The molecule has 0 aromatic rings. The van der Waals surface area contributed by atoms with E-state index >= 15 is 0 Å². The van der Waals surface area contributed by atoms with Gasteiger partial charge in [-0.15, -0.1) is 0 Å². The second-order valence-electron chi connectivity index (χ2n) is 1.31. The predicted molar refractivity (Wildman–Crippen MR) is 31.3 cm³/mol. The summed E-state index contributed by atoms with van der Waals surface area (Å²) in [5.41, 5.74) is 0. The van der Waals surface area contributed by atoms with Crippen LogP contribution in [0.3, 0.4) is 0 Å². The third-order valence-corrected chi connectivity index (χ3v) is 0.676. The van der Waals surface area contributed by atoms with Gasteiger partial charge in [-0.2, -0.15) is 0 Å². The fourth-order valence-corrected chi connectivity index (χ4v) is 0.287. The van der Waals surface area contributed by atoms with Crippen molar-refractivity contribution in [1.29, 1.82) is 0 Å². The summed E-state index contributed by atoms with van der Waals surface area (Å²) >= 11 is 0. The second-order valence-corrected chi connectivity index (χ2v) is 1.31. The van der Waals surface area contributed by atoms with Crippen molar-refractivity contribution in [3.8, 4) is 0 Å². The predicted octanol–water partition coefficient (Wildman–Crippen LogP) is 0.995. The SMILES string of the molecule is CCCCC=O.[Tl]. The van der Waals surface area contributed by atoms with Crippen molar-refractivity contribution in [1.82, 2.24) is 0 Å². The molecule has 0 saturated carbocycles. The van der Waals surface area contributed by atoms with Gasteiger partial charge in [-0.1, -0.05) is 13.3 Å². The Morgan fingerprint density at radius 1 is 1.57 bits per heavy atom. The smallest absolute Gasteiger partial charge is 0.119 e. The molecule has 0 amide bonds. The van der Waals surface area contributed by atoms with Crippen LogP contribution in [0.25, 0.3) is 0 Å². The molecule has 39 valence electrons. The van der Waals surface area contributed by atoms with E-state index in [0.717, 1.165) is 25.5 Å². The third kappa shape index (κ3) is 10.8. The van der Waals surface area contributed by atoms with Gasteiger partial charge in [0.25, 0.3) is 0 Å². The van der Waals surface area contributed by atoms with Crippen LogP contribution >= 0.6 is 0 Å². The summed E-state index contributed by atoms with van der Waals surface area (Å²) in [6.07, 6.45) is 3.86. The van der Waals surface area contributed by atoms with E-state index in [0.29, 0.717) is 0 Å². The van der Waals surface area contributed by atoms with Crippen LogP contribution in [-0.2, 0) is 4.79 Å². The van der Waals surface area contributed by atoms with E-state index < -0.39 is 0 Å². The van der Waals surface area contributed by atoms with Gasteiger partial charge in [0.1, 0.15) is 6.29 Å². The molecule has 0 fully saturated rings. The maximum Gasteiger partial charge on any atom is 0.119 e. The molecule has 0 unspecified atom stereocenters. The van der Waals surface area contributed by atoms with Gasteiger partial charge < -0.3 is 4.79 Å². The monoisotopic (exact) mass is 291 g/mol. The maximum absolute atomic E-state index is 9.56. The van der Waals surface area contributed by atoms with Crippen LogP contribution in [0, 0.1) is 0 Å². The minimum Gasteiger partial charge on any atom is -0.303 e. The zero-order valence-corrected chi connectivity index (χ0v) is 9.17. The summed E-state index contributed by atoms with van der Waals surface area (Å²) in [6, 6.07) is 0. The van der Waals surface area contributed by atoms with Crippen LogP contribution in [0.5, 0.6) is 0 Å². The van der Waals surface area contributed by atoms with Gasteiger partial charge >= 0.3 is 0 Å². The molecule has 0 atom stereocenters. The van der Waals surface area contributed by atoms with E-state index in [4.69, 9.17) is 0 Å². The molecule has 0 aromatic carbocycles. The molecule has 0 aliphatic heterocycles. The summed E-state index contributed by atoms with van der Waals surface area (Å²) in [7, 11) is 0. The molecule has 2 heteroatoms. The van der Waals surface area contributed by atoms with Crippen molar-refractivity contribution in [2.45, 2.75) is 26.2 Å². The molecule has 7 heavy (non-hydrogen) atoms. The van der Waals surface area contributed by atoms with E-state index in [1.54, 1.807) is 0 Å². The summed E-state index contributed by atoms with van der Waals surface area (Å²) in [6.45, 7) is 2.07. The van der Waals surface area contributed by atoms with Crippen molar-refractivity contribution in [2.24, 2.45) is 0 Å². The molecule has 0 aliphatic carbocycles. The zero-order valence-electron chi connectivity index (χ0n) is 4.68. The molecular weight excluding hydrogens is 280 g/mol. The Bertz CT molecular complexity index is 37.1. The number of carbonyl (C=O) groups excluding carboxylic acids is 1. The van der Waals surface area contributed by atoms with E-state index in [1.165, 1.54) is 0 Å². The largest absolute Gasteiger partial charge is 0.303 e. The maximum atomic E-state index is 9.56. The topological polar surface area (TPSA) is 17.1 Å². The Morgan fingerprint density at radius 3 is 2.29 bits per heavy atom. The molecule has 1 nitrogen and oxygen atoms in total. The van der Waals surface area contributed by atoms with E-state index in [-0.39, 0.29) is 27.3 Å². The van der Waals surface area contributed by atoms with Crippen LogP contribution in [0.4, 0.5) is 0 Å². The number of rotatable bonds is 3. The van der Waals surface area contributed by atoms with Crippen LogP contribution < -0.4 is 0 Å². The quantitative estimate of drug-likeness (QED) is 0.430. The molecule has 1 radical (unpaired) electrons. The van der Waals surface area contributed by atoms with Gasteiger partial charge in [0, 0.05) is 33.7 Å². The van der Waals surface area contributed by atoms with Gasteiger partial charge in [-0.05, 0) is 6.42 Å². The molecule has 0 spiro atoms. The minimum absolute atomic E-state index is 0. The molecule has 0 heterocycles. The molecule has 0 rings (SSSR count).